The fourth-order valence-corrected chi connectivity index (χ4v) is 4.79. The van der Waals surface area contributed by atoms with Crippen LogP contribution in [0.4, 0.5) is 5.13 Å². The molecule has 0 bridgehead atoms. The van der Waals surface area contributed by atoms with E-state index in [1.54, 1.807) is 18.4 Å². The van der Waals surface area contributed by atoms with Crippen LogP contribution in [0.3, 0.4) is 0 Å². The molecule has 0 saturated carbocycles. The van der Waals surface area contributed by atoms with E-state index in [0.717, 1.165) is 30.0 Å². The van der Waals surface area contributed by atoms with Gasteiger partial charge in [-0.05, 0) is 55.6 Å². The van der Waals surface area contributed by atoms with Crippen LogP contribution in [-0.2, 0) is 11.3 Å². The summed E-state index contributed by atoms with van der Waals surface area (Å²) in [6.07, 6.45) is 7.60. The third-order valence-corrected chi connectivity index (χ3v) is 6.73. The molecule has 1 aliphatic rings. The highest BCUT2D eigenvalue weighted by molar-refractivity contribution is 7.15. The first-order valence-electron chi connectivity index (χ1n) is 11.0. The summed E-state index contributed by atoms with van der Waals surface area (Å²) in [5, 5.41) is 3.64. The Balaban J connectivity index is 1.51. The molecule has 2 aromatic carbocycles. The second-order valence-corrected chi connectivity index (χ2v) is 9.21. The summed E-state index contributed by atoms with van der Waals surface area (Å²) in [5.41, 5.74) is 2.38. The van der Waals surface area contributed by atoms with E-state index in [-0.39, 0.29) is 5.91 Å². The molecule has 3 aromatic rings. The van der Waals surface area contributed by atoms with E-state index < -0.39 is 0 Å². The van der Waals surface area contributed by atoms with E-state index in [0.29, 0.717) is 16.7 Å². The monoisotopic (exact) mass is 447 g/mol. The minimum Gasteiger partial charge on any atom is -0.497 e. The van der Waals surface area contributed by atoms with Crippen molar-refractivity contribution in [3.8, 4) is 5.75 Å². The molecule has 1 N–H and O–H groups in total. The van der Waals surface area contributed by atoms with E-state index in [9.17, 15) is 4.79 Å². The molecule has 5 nitrogen and oxygen atoms in total. The van der Waals surface area contributed by atoms with Crippen LogP contribution in [0.5, 0.6) is 5.75 Å². The van der Waals surface area contributed by atoms with Crippen molar-refractivity contribution in [3.05, 3.63) is 76.8 Å². The number of hydrogen-bond donors (Lipinski definition) is 1. The zero-order valence-electron chi connectivity index (χ0n) is 18.6. The number of piperidine rings is 1. The molecule has 4 rings (SSSR count). The molecule has 32 heavy (non-hydrogen) atoms. The molecule has 1 fully saturated rings. The third-order valence-electron chi connectivity index (χ3n) is 5.83. The molecule has 1 amide bonds. The minimum atomic E-state index is -0.167. The third kappa shape index (κ3) is 5.64. The standard InChI is InChI=1S/C26H29N3O2S/c1-19-8-6-7-15-29(19)18-23-17-27-26(32-23)28-25(30)24(21-9-4-3-5-10-21)16-20-11-13-22(31-2)14-12-20/h3-5,9-14,16-17,19H,6-8,15,18H2,1-2H3,(H,27,28,30)/b24-16+. The summed E-state index contributed by atoms with van der Waals surface area (Å²) in [6, 6.07) is 18.0. The van der Waals surface area contributed by atoms with Gasteiger partial charge in [-0.2, -0.15) is 0 Å². The number of carbonyl (C=O) groups excluding carboxylic acids is 1. The topological polar surface area (TPSA) is 54.5 Å². The molecule has 0 aliphatic carbocycles. The van der Waals surface area contributed by atoms with Gasteiger partial charge >= 0.3 is 0 Å². The lowest BCUT2D eigenvalue weighted by molar-refractivity contribution is -0.111. The first-order chi connectivity index (χ1) is 15.6. The first kappa shape index (κ1) is 22.2. The van der Waals surface area contributed by atoms with Crippen LogP contribution < -0.4 is 10.1 Å². The number of rotatable bonds is 7. The van der Waals surface area contributed by atoms with Gasteiger partial charge in [0.2, 0.25) is 0 Å². The van der Waals surface area contributed by atoms with Gasteiger partial charge in [-0.25, -0.2) is 4.98 Å². The summed E-state index contributed by atoms with van der Waals surface area (Å²) in [5.74, 6) is 0.616. The Morgan fingerprint density at radius 2 is 1.97 bits per heavy atom. The van der Waals surface area contributed by atoms with Gasteiger partial charge in [-0.3, -0.25) is 15.0 Å². The molecule has 2 heterocycles. The van der Waals surface area contributed by atoms with Crippen LogP contribution in [0.1, 0.15) is 42.2 Å². The van der Waals surface area contributed by atoms with Gasteiger partial charge in [-0.1, -0.05) is 48.9 Å². The number of hydrogen-bond acceptors (Lipinski definition) is 5. The molecule has 0 spiro atoms. The Bertz CT molecular complexity index is 1060. The maximum absolute atomic E-state index is 13.2. The molecular formula is C26H29N3O2S. The molecule has 1 aliphatic heterocycles. The highest BCUT2D eigenvalue weighted by atomic mass is 32.1. The smallest absolute Gasteiger partial charge is 0.258 e. The van der Waals surface area contributed by atoms with Crippen molar-refractivity contribution in [3.63, 3.8) is 0 Å². The van der Waals surface area contributed by atoms with Crippen LogP contribution in [0, 0.1) is 0 Å². The summed E-state index contributed by atoms with van der Waals surface area (Å²) < 4.78 is 5.24. The number of carbonyl (C=O) groups is 1. The van der Waals surface area contributed by atoms with Gasteiger partial charge in [0, 0.05) is 29.2 Å². The van der Waals surface area contributed by atoms with E-state index in [4.69, 9.17) is 4.74 Å². The number of thiazole rings is 1. The Hall–Kier alpha value is -2.96. The number of methoxy groups -OCH3 is 1. The largest absolute Gasteiger partial charge is 0.497 e. The Morgan fingerprint density at radius 3 is 2.69 bits per heavy atom. The van der Waals surface area contributed by atoms with Gasteiger partial charge in [0.25, 0.3) is 5.91 Å². The van der Waals surface area contributed by atoms with E-state index >= 15 is 0 Å². The normalized spacial score (nSPS) is 17.2. The molecule has 1 aromatic heterocycles. The van der Waals surface area contributed by atoms with Gasteiger partial charge in [-0.15, -0.1) is 11.3 Å². The van der Waals surface area contributed by atoms with E-state index in [2.05, 4.69) is 22.1 Å². The molecule has 1 unspecified atom stereocenters. The summed E-state index contributed by atoms with van der Waals surface area (Å²) in [4.78, 5) is 21.4. The summed E-state index contributed by atoms with van der Waals surface area (Å²) >= 11 is 1.55. The second-order valence-electron chi connectivity index (χ2n) is 8.10. The molecule has 1 saturated heterocycles. The van der Waals surface area contributed by atoms with Crippen molar-refractivity contribution >= 4 is 34.0 Å². The van der Waals surface area contributed by atoms with Crippen LogP contribution in [0.15, 0.2) is 60.8 Å². The Kier molecular flexibility index (Phi) is 7.35. The Morgan fingerprint density at radius 1 is 1.19 bits per heavy atom. The van der Waals surface area contributed by atoms with Gasteiger partial charge in [0.05, 0.1) is 7.11 Å². The predicted octanol–water partition coefficient (Wildman–Crippen LogP) is 5.71. The van der Waals surface area contributed by atoms with Crippen molar-refractivity contribution in [2.45, 2.75) is 38.8 Å². The Labute approximate surface area is 193 Å². The molecular weight excluding hydrogens is 418 g/mol. The fraction of sp³-hybridized carbons (Fsp3) is 0.308. The van der Waals surface area contributed by atoms with Gasteiger partial charge in [0.1, 0.15) is 5.75 Å². The molecule has 1 atom stereocenters. The number of benzene rings is 2. The first-order valence-corrected chi connectivity index (χ1v) is 11.9. The van der Waals surface area contributed by atoms with Crippen LogP contribution in [0.25, 0.3) is 11.6 Å². The number of ether oxygens (including phenoxy) is 1. The maximum Gasteiger partial charge on any atom is 0.258 e. The quantitative estimate of drug-likeness (QED) is 0.373. The number of likely N-dealkylation sites (tertiary alicyclic amines) is 1. The SMILES string of the molecule is COc1ccc(/C=C(/C(=O)Nc2ncc(CN3CCCCC3C)s2)c2ccccc2)cc1. The number of aromatic nitrogens is 1. The van der Waals surface area contributed by atoms with Crippen molar-refractivity contribution in [1.29, 1.82) is 0 Å². The highest BCUT2D eigenvalue weighted by Gasteiger charge is 2.20. The zero-order chi connectivity index (χ0) is 22.3. The van der Waals surface area contributed by atoms with Crippen molar-refractivity contribution in [1.82, 2.24) is 9.88 Å². The number of nitrogens with one attached hydrogen (secondary N) is 1. The average Bonchev–Trinajstić information content (AvgIpc) is 3.26. The van der Waals surface area contributed by atoms with Crippen molar-refractivity contribution < 1.29 is 9.53 Å². The number of nitrogens with zero attached hydrogens (tertiary/aromatic N) is 2. The minimum absolute atomic E-state index is 0.167. The molecule has 166 valence electrons. The predicted molar refractivity (Wildman–Crippen MR) is 132 cm³/mol. The maximum atomic E-state index is 13.2. The van der Waals surface area contributed by atoms with Crippen LogP contribution >= 0.6 is 11.3 Å². The number of amides is 1. The van der Waals surface area contributed by atoms with Crippen molar-refractivity contribution in [2.24, 2.45) is 0 Å². The van der Waals surface area contributed by atoms with E-state index in [1.807, 2.05) is 66.9 Å². The summed E-state index contributed by atoms with van der Waals surface area (Å²) in [6.45, 7) is 4.31. The number of anilines is 1. The zero-order valence-corrected chi connectivity index (χ0v) is 19.4. The second kappa shape index (κ2) is 10.6. The van der Waals surface area contributed by atoms with Gasteiger partial charge < -0.3 is 4.74 Å². The van der Waals surface area contributed by atoms with Crippen LogP contribution in [0.2, 0.25) is 0 Å². The summed E-state index contributed by atoms with van der Waals surface area (Å²) in [7, 11) is 1.64. The molecule has 0 radical (unpaired) electrons. The van der Waals surface area contributed by atoms with Crippen LogP contribution in [-0.4, -0.2) is 35.5 Å². The van der Waals surface area contributed by atoms with E-state index in [1.165, 1.54) is 24.1 Å². The highest BCUT2D eigenvalue weighted by Crippen LogP contribution is 2.26. The lowest BCUT2D eigenvalue weighted by atomic mass is 10.0. The lowest BCUT2D eigenvalue weighted by Gasteiger charge is -2.32. The fourth-order valence-electron chi connectivity index (χ4n) is 3.96. The van der Waals surface area contributed by atoms with Crippen molar-refractivity contribution in [2.75, 3.05) is 19.0 Å². The molecule has 6 heteroatoms. The van der Waals surface area contributed by atoms with Gasteiger partial charge in [0.15, 0.2) is 5.13 Å². The lowest BCUT2D eigenvalue weighted by Crippen LogP contribution is -2.36. The average molecular weight is 448 g/mol.